The van der Waals surface area contributed by atoms with Crippen molar-refractivity contribution in [2.45, 2.75) is 18.9 Å². The van der Waals surface area contributed by atoms with E-state index in [0.717, 1.165) is 18.5 Å². The minimum absolute atomic E-state index is 0.147. The predicted octanol–water partition coefficient (Wildman–Crippen LogP) is 1.11. The lowest BCUT2D eigenvalue weighted by Crippen LogP contribution is -2.21. The Morgan fingerprint density at radius 3 is 3.11 bits per heavy atom. The molecular formula is C13H15N3O2. The van der Waals surface area contributed by atoms with Crippen molar-refractivity contribution in [1.29, 1.82) is 0 Å². The number of H-pyrrole nitrogens is 1. The average molecular weight is 245 g/mol. The Hall–Kier alpha value is -1.88. The van der Waals surface area contributed by atoms with Crippen molar-refractivity contribution < 1.29 is 5.11 Å². The molecule has 0 aliphatic heterocycles. The molecule has 1 heterocycles. The third-order valence-corrected chi connectivity index (χ3v) is 3.32. The second-order valence-corrected chi connectivity index (χ2v) is 4.75. The molecule has 0 radical (unpaired) electrons. The van der Waals surface area contributed by atoms with E-state index >= 15 is 0 Å². The van der Waals surface area contributed by atoms with Gasteiger partial charge in [0.2, 0.25) is 0 Å². The van der Waals surface area contributed by atoms with E-state index in [1.54, 1.807) is 12.1 Å². The zero-order chi connectivity index (χ0) is 12.5. The maximum absolute atomic E-state index is 11.6. The summed E-state index contributed by atoms with van der Waals surface area (Å²) in [6.45, 7) is 0.522. The highest BCUT2D eigenvalue weighted by molar-refractivity contribution is 5.81. The maximum Gasteiger partial charge on any atom is 0.258 e. The van der Waals surface area contributed by atoms with Crippen LogP contribution < -0.4 is 10.9 Å². The molecule has 1 aromatic heterocycles. The van der Waals surface area contributed by atoms with Crippen LogP contribution in [0.15, 0.2) is 29.3 Å². The summed E-state index contributed by atoms with van der Waals surface area (Å²) in [4.78, 5) is 18.2. The van der Waals surface area contributed by atoms with Crippen LogP contribution in [-0.2, 0) is 0 Å². The molecule has 5 nitrogen and oxygen atoms in total. The van der Waals surface area contributed by atoms with Gasteiger partial charge in [-0.15, -0.1) is 0 Å². The van der Waals surface area contributed by atoms with E-state index in [1.807, 2.05) is 6.07 Å². The summed E-state index contributed by atoms with van der Waals surface area (Å²) in [5.74, 6) is 0.447. The van der Waals surface area contributed by atoms with Gasteiger partial charge in [0.05, 0.1) is 23.3 Å². The highest BCUT2D eigenvalue weighted by Gasteiger charge is 2.29. The molecule has 1 atom stereocenters. The summed E-state index contributed by atoms with van der Waals surface area (Å²) >= 11 is 0. The Morgan fingerprint density at radius 1 is 1.50 bits per heavy atom. The molecule has 3 N–H and O–H groups in total. The number of nitrogens with zero attached hydrogens (tertiary/aromatic N) is 1. The van der Waals surface area contributed by atoms with Crippen molar-refractivity contribution in [3.05, 3.63) is 34.9 Å². The van der Waals surface area contributed by atoms with Gasteiger partial charge in [-0.25, -0.2) is 4.98 Å². The van der Waals surface area contributed by atoms with E-state index in [9.17, 15) is 9.90 Å². The molecule has 1 aromatic carbocycles. The second-order valence-electron chi connectivity index (χ2n) is 4.75. The van der Waals surface area contributed by atoms with Gasteiger partial charge in [-0.3, -0.25) is 4.79 Å². The first kappa shape index (κ1) is 11.2. The lowest BCUT2D eigenvalue weighted by atomic mass is 10.2. The number of hydrogen-bond acceptors (Lipinski definition) is 4. The topological polar surface area (TPSA) is 78.0 Å². The van der Waals surface area contributed by atoms with E-state index in [1.165, 1.54) is 6.33 Å². The summed E-state index contributed by atoms with van der Waals surface area (Å²) in [5.41, 5.74) is 1.36. The fourth-order valence-electron chi connectivity index (χ4n) is 2.05. The summed E-state index contributed by atoms with van der Waals surface area (Å²) in [5, 5.41) is 13.5. The van der Waals surface area contributed by atoms with Crippen molar-refractivity contribution in [2.75, 3.05) is 11.9 Å². The molecule has 2 aromatic rings. The quantitative estimate of drug-likeness (QED) is 0.754. The Balaban J connectivity index is 1.79. The van der Waals surface area contributed by atoms with Crippen LogP contribution in [0.1, 0.15) is 12.8 Å². The molecule has 0 saturated heterocycles. The maximum atomic E-state index is 11.6. The molecule has 94 valence electrons. The van der Waals surface area contributed by atoms with E-state index in [2.05, 4.69) is 15.3 Å². The summed E-state index contributed by atoms with van der Waals surface area (Å²) < 4.78 is 0. The van der Waals surface area contributed by atoms with Gasteiger partial charge in [0.15, 0.2) is 0 Å². The molecule has 0 amide bonds. The predicted molar refractivity (Wildman–Crippen MR) is 69.6 cm³/mol. The van der Waals surface area contributed by atoms with Crippen molar-refractivity contribution in [3.63, 3.8) is 0 Å². The number of aliphatic hydroxyl groups excluding tert-OH is 1. The van der Waals surface area contributed by atoms with Crippen LogP contribution in [0.5, 0.6) is 0 Å². The zero-order valence-electron chi connectivity index (χ0n) is 9.89. The van der Waals surface area contributed by atoms with Crippen molar-refractivity contribution in [3.8, 4) is 0 Å². The van der Waals surface area contributed by atoms with Crippen LogP contribution in [-0.4, -0.2) is 27.7 Å². The number of fused-ring (bicyclic) bond motifs is 1. The smallest absolute Gasteiger partial charge is 0.258 e. The lowest BCUT2D eigenvalue weighted by molar-refractivity contribution is 0.164. The molecule has 1 aliphatic rings. The van der Waals surface area contributed by atoms with E-state index < -0.39 is 0 Å². The minimum atomic E-state index is -0.298. The number of rotatable bonds is 4. The highest BCUT2D eigenvalue weighted by Crippen LogP contribution is 2.32. The first-order chi connectivity index (χ1) is 8.74. The summed E-state index contributed by atoms with van der Waals surface area (Å²) in [6.07, 6.45) is 3.33. The highest BCUT2D eigenvalue weighted by atomic mass is 16.3. The monoisotopic (exact) mass is 245 g/mol. The molecule has 0 bridgehead atoms. The number of aromatic amines is 1. The van der Waals surface area contributed by atoms with Crippen LogP contribution in [0, 0.1) is 5.92 Å². The Labute approximate surface area is 104 Å². The Kier molecular flexibility index (Phi) is 2.76. The molecule has 5 heteroatoms. The van der Waals surface area contributed by atoms with Gasteiger partial charge in [-0.05, 0) is 37.0 Å². The fraction of sp³-hybridized carbons (Fsp3) is 0.385. The van der Waals surface area contributed by atoms with Crippen LogP contribution in [0.3, 0.4) is 0 Å². The summed E-state index contributed by atoms with van der Waals surface area (Å²) in [7, 11) is 0. The largest absolute Gasteiger partial charge is 0.391 e. The van der Waals surface area contributed by atoms with Crippen LogP contribution in [0.2, 0.25) is 0 Å². The number of aliphatic hydroxyl groups is 1. The van der Waals surface area contributed by atoms with Crippen molar-refractivity contribution >= 4 is 16.6 Å². The van der Waals surface area contributed by atoms with Crippen molar-refractivity contribution in [2.24, 2.45) is 5.92 Å². The number of nitrogens with one attached hydrogen (secondary N) is 2. The van der Waals surface area contributed by atoms with Gasteiger partial charge in [-0.2, -0.15) is 0 Å². The zero-order valence-corrected chi connectivity index (χ0v) is 9.89. The SMILES string of the molecule is O=c1[nH]cnc2ccc(NCC(O)C3CC3)cc12. The number of anilines is 1. The molecule has 1 saturated carbocycles. The molecule has 1 aliphatic carbocycles. The van der Waals surface area contributed by atoms with Crippen LogP contribution >= 0.6 is 0 Å². The second kappa shape index (κ2) is 4.42. The molecule has 0 spiro atoms. The van der Waals surface area contributed by atoms with E-state index in [4.69, 9.17) is 0 Å². The van der Waals surface area contributed by atoms with Crippen LogP contribution in [0.25, 0.3) is 10.9 Å². The molecule has 3 rings (SSSR count). The third kappa shape index (κ3) is 2.22. The third-order valence-electron chi connectivity index (χ3n) is 3.32. The van der Waals surface area contributed by atoms with Gasteiger partial charge < -0.3 is 15.4 Å². The van der Waals surface area contributed by atoms with Gasteiger partial charge in [0.25, 0.3) is 5.56 Å². The van der Waals surface area contributed by atoms with E-state index in [-0.39, 0.29) is 11.7 Å². The molecule has 1 unspecified atom stereocenters. The number of aromatic nitrogens is 2. The standard InChI is InChI=1S/C13H15N3O2/c17-12(8-1-2-8)6-14-9-3-4-11-10(5-9)13(18)16-7-15-11/h3-5,7-8,12,14,17H,1-2,6H2,(H,15,16,18). The van der Waals surface area contributed by atoms with Gasteiger partial charge in [0.1, 0.15) is 0 Å². The minimum Gasteiger partial charge on any atom is -0.391 e. The number of benzene rings is 1. The first-order valence-electron chi connectivity index (χ1n) is 6.13. The Bertz CT molecular complexity index is 619. The Morgan fingerprint density at radius 2 is 2.33 bits per heavy atom. The van der Waals surface area contributed by atoms with Gasteiger partial charge in [0, 0.05) is 12.2 Å². The molecule has 1 fully saturated rings. The van der Waals surface area contributed by atoms with Gasteiger partial charge in [-0.1, -0.05) is 0 Å². The molecular weight excluding hydrogens is 230 g/mol. The van der Waals surface area contributed by atoms with Crippen LogP contribution in [0.4, 0.5) is 5.69 Å². The number of hydrogen-bond donors (Lipinski definition) is 3. The first-order valence-corrected chi connectivity index (χ1v) is 6.13. The fourth-order valence-corrected chi connectivity index (χ4v) is 2.05. The van der Waals surface area contributed by atoms with Crippen molar-refractivity contribution in [1.82, 2.24) is 9.97 Å². The molecule has 18 heavy (non-hydrogen) atoms. The lowest BCUT2D eigenvalue weighted by Gasteiger charge is -2.11. The van der Waals surface area contributed by atoms with Gasteiger partial charge >= 0.3 is 0 Å². The normalized spacial score (nSPS) is 16.7. The van der Waals surface area contributed by atoms with E-state index in [0.29, 0.717) is 23.4 Å². The average Bonchev–Trinajstić information content (AvgIpc) is 3.21. The summed E-state index contributed by atoms with van der Waals surface area (Å²) in [6, 6.07) is 5.44.